The van der Waals surface area contributed by atoms with Gasteiger partial charge in [0, 0.05) is 35.2 Å². The lowest BCUT2D eigenvalue weighted by Crippen LogP contribution is -2.42. The van der Waals surface area contributed by atoms with Crippen LogP contribution in [0.4, 0.5) is 10.1 Å². The van der Waals surface area contributed by atoms with Crippen molar-refractivity contribution in [3.05, 3.63) is 39.9 Å². The lowest BCUT2D eigenvalue weighted by molar-refractivity contribution is -0.132. The first-order valence-electron chi connectivity index (χ1n) is 9.02. The van der Waals surface area contributed by atoms with Gasteiger partial charge in [0.15, 0.2) is 0 Å². The third-order valence-electron chi connectivity index (χ3n) is 5.02. The number of hydrogen-bond donors (Lipinski definition) is 0. The predicted molar refractivity (Wildman–Crippen MR) is 105 cm³/mol. The average molecular weight is 393 g/mol. The van der Waals surface area contributed by atoms with Gasteiger partial charge < -0.3 is 4.90 Å². The summed E-state index contributed by atoms with van der Waals surface area (Å²) in [6.45, 7) is 1.62. The zero-order valence-electron chi connectivity index (χ0n) is 14.4. The van der Waals surface area contributed by atoms with Crippen LogP contribution in [0.3, 0.4) is 0 Å². The van der Waals surface area contributed by atoms with Crippen LogP contribution >= 0.6 is 23.5 Å². The van der Waals surface area contributed by atoms with Gasteiger partial charge in [-0.05, 0) is 43.5 Å². The number of thioether (sulfide) groups is 2. The van der Waals surface area contributed by atoms with E-state index in [1.807, 2.05) is 4.90 Å². The van der Waals surface area contributed by atoms with Gasteiger partial charge in [0.25, 0.3) is 5.91 Å². The summed E-state index contributed by atoms with van der Waals surface area (Å²) < 4.78 is 13.3. The summed E-state index contributed by atoms with van der Waals surface area (Å²) in [5.74, 6) is 1.57. The highest BCUT2D eigenvalue weighted by atomic mass is 32.2. The molecule has 138 valence electrons. The molecule has 4 rings (SSSR count). The molecule has 0 bridgehead atoms. The second-order valence-electron chi connectivity index (χ2n) is 6.70. The number of piperidine rings is 1. The standard InChI is InChI=1S/C19H21FN2O2S2/c20-13-4-6-14(7-5-13)22-15(12-16(23)21-8-2-1-3-9-21)17-18(19(22)24)26-11-10-25-17/h4-7,15H,1-3,8-12H2. The Hall–Kier alpha value is -1.47. The van der Waals surface area contributed by atoms with Crippen LogP contribution < -0.4 is 4.90 Å². The van der Waals surface area contributed by atoms with E-state index in [1.54, 1.807) is 40.6 Å². The van der Waals surface area contributed by atoms with Crippen molar-refractivity contribution >= 4 is 41.0 Å². The summed E-state index contributed by atoms with van der Waals surface area (Å²) in [7, 11) is 0. The second-order valence-corrected chi connectivity index (χ2v) is 8.95. The molecule has 3 heterocycles. The molecule has 26 heavy (non-hydrogen) atoms. The van der Waals surface area contributed by atoms with Gasteiger partial charge >= 0.3 is 0 Å². The minimum absolute atomic E-state index is 0.0553. The lowest BCUT2D eigenvalue weighted by Gasteiger charge is -2.31. The highest BCUT2D eigenvalue weighted by Gasteiger charge is 2.43. The summed E-state index contributed by atoms with van der Waals surface area (Å²) in [6, 6.07) is 5.71. The van der Waals surface area contributed by atoms with Crippen LogP contribution in [0.5, 0.6) is 0 Å². The number of nitrogens with zero attached hydrogens (tertiary/aromatic N) is 2. The number of rotatable bonds is 3. The highest BCUT2D eigenvalue weighted by Crippen LogP contribution is 2.46. The predicted octanol–water partition coefficient (Wildman–Crippen LogP) is 3.64. The molecule has 0 spiro atoms. The summed E-state index contributed by atoms with van der Waals surface area (Å²) in [4.78, 5) is 31.3. The van der Waals surface area contributed by atoms with E-state index < -0.39 is 0 Å². The molecule has 0 saturated carbocycles. The van der Waals surface area contributed by atoms with Gasteiger partial charge in [-0.1, -0.05) is 0 Å². The number of benzene rings is 1. The van der Waals surface area contributed by atoms with Gasteiger partial charge in [-0.2, -0.15) is 0 Å². The van der Waals surface area contributed by atoms with Crippen molar-refractivity contribution in [3.63, 3.8) is 0 Å². The van der Waals surface area contributed by atoms with Gasteiger partial charge in [-0.15, -0.1) is 23.5 Å². The average Bonchev–Trinajstić information content (AvgIpc) is 2.95. The molecule has 0 radical (unpaired) electrons. The summed E-state index contributed by atoms with van der Waals surface area (Å²) in [5.41, 5.74) is 0.656. The van der Waals surface area contributed by atoms with E-state index in [0.717, 1.165) is 47.2 Å². The van der Waals surface area contributed by atoms with Crippen molar-refractivity contribution in [2.45, 2.75) is 31.7 Å². The van der Waals surface area contributed by atoms with Gasteiger partial charge in [0.1, 0.15) is 5.82 Å². The summed E-state index contributed by atoms with van der Waals surface area (Å²) in [6.07, 6.45) is 3.58. The second kappa shape index (κ2) is 7.64. The van der Waals surface area contributed by atoms with Crippen molar-refractivity contribution < 1.29 is 14.0 Å². The van der Waals surface area contributed by atoms with Crippen LogP contribution in [0, 0.1) is 5.82 Å². The minimum atomic E-state index is -0.331. The maximum atomic E-state index is 13.3. The molecule has 1 aromatic rings. The van der Waals surface area contributed by atoms with Crippen molar-refractivity contribution in [2.24, 2.45) is 0 Å². The molecule has 3 aliphatic heterocycles. The quantitative estimate of drug-likeness (QED) is 0.788. The Balaban J connectivity index is 1.62. The molecule has 1 unspecified atom stereocenters. The molecule has 4 nitrogen and oxygen atoms in total. The first-order chi connectivity index (χ1) is 12.6. The Bertz CT molecular complexity index is 744. The van der Waals surface area contributed by atoms with E-state index in [2.05, 4.69) is 0 Å². The molecular weight excluding hydrogens is 371 g/mol. The number of hydrogen-bond acceptors (Lipinski definition) is 4. The topological polar surface area (TPSA) is 40.6 Å². The number of carbonyl (C=O) groups excluding carboxylic acids is 2. The maximum Gasteiger partial charge on any atom is 0.266 e. The van der Waals surface area contributed by atoms with E-state index in [4.69, 9.17) is 0 Å². The van der Waals surface area contributed by atoms with Crippen LogP contribution in [-0.2, 0) is 9.59 Å². The van der Waals surface area contributed by atoms with E-state index in [9.17, 15) is 14.0 Å². The van der Waals surface area contributed by atoms with E-state index >= 15 is 0 Å². The van der Waals surface area contributed by atoms with Crippen LogP contribution in [-0.4, -0.2) is 47.4 Å². The number of likely N-dealkylation sites (tertiary alicyclic amines) is 1. The number of halogens is 1. The molecule has 7 heteroatoms. The monoisotopic (exact) mass is 392 g/mol. The first-order valence-corrected chi connectivity index (χ1v) is 11.0. The van der Waals surface area contributed by atoms with Gasteiger partial charge in [-0.25, -0.2) is 4.39 Å². The Morgan fingerprint density at radius 2 is 1.77 bits per heavy atom. The minimum Gasteiger partial charge on any atom is -0.343 e. The molecule has 0 aromatic heterocycles. The first kappa shape index (κ1) is 17.9. The molecule has 0 N–H and O–H groups in total. The SMILES string of the molecule is O=C(CC1C2=C(SCCS2)C(=O)N1c1ccc(F)cc1)N1CCCCC1. The van der Waals surface area contributed by atoms with Crippen LogP contribution in [0.25, 0.3) is 0 Å². The van der Waals surface area contributed by atoms with Crippen molar-refractivity contribution in [1.29, 1.82) is 0 Å². The zero-order chi connectivity index (χ0) is 18.1. The third kappa shape index (κ3) is 3.39. The normalized spacial score (nSPS) is 23.4. The van der Waals surface area contributed by atoms with Gasteiger partial charge in [0.05, 0.1) is 17.4 Å². The van der Waals surface area contributed by atoms with Crippen LogP contribution in [0.15, 0.2) is 34.1 Å². The maximum absolute atomic E-state index is 13.3. The highest BCUT2D eigenvalue weighted by molar-refractivity contribution is 8.10. The van der Waals surface area contributed by atoms with Gasteiger partial charge in [0.2, 0.25) is 5.91 Å². The third-order valence-corrected chi connectivity index (χ3v) is 7.69. The molecule has 2 amide bonds. The van der Waals surface area contributed by atoms with Crippen LogP contribution in [0.1, 0.15) is 25.7 Å². The van der Waals surface area contributed by atoms with Crippen molar-refractivity contribution in [3.8, 4) is 0 Å². The zero-order valence-corrected chi connectivity index (χ0v) is 16.1. The molecule has 1 aromatic carbocycles. The van der Waals surface area contributed by atoms with Gasteiger partial charge in [-0.3, -0.25) is 14.5 Å². The summed E-state index contributed by atoms with van der Waals surface area (Å²) >= 11 is 3.27. The fraction of sp³-hybridized carbons (Fsp3) is 0.474. The van der Waals surface area contributed by atoms with E-state index in [-0.39, 0.29) is 23.7 Å². The smallest absolute Gasteiger partial charge is 0.266 e. The Labute approximate surface area is 161 Å². The molecule has 0 aliphatic carbocycles. The Morgan fingerprint density at radius 3 is 2.50 bits per heavy atom. The Kier molecular flexibility index (Phi) is 5.27. The molecular formula is C19H21FN2O2S2. The van der Waals surface area contributed by atoms with Crippen molar-refractivity contribution in [2.75, 3.05) is 29.5 Å². The number of anilines is 1. The molecule has 1 saturated heterocycles. The van der Waals surface area contributed by atoms with Crippen LogP contribution in [0.2, 0.25) is 0 Å². The number of carbonyl (C=O) groups is 2. The fourth-order valence-corrected chi connectivity index (χ4v) is 6.28. The fourth-order valence-electron chi connectivity index (χ4n) is 3.74. The largest absolute Gasteiger partial charge is 0.343 e. The van der Waals surface area contributed by atoms with Crippen molar-refractivity contribution in [1.82, 2.24) is 4.90 Å². The molecule has 3 aliphatic rings. The Morgan fingerprint density at radius 1 is 1.08 bits per heavy atom. The lowest BCUT2D eigenvalue weighted by atomic mass is 10.1. The van der Waals surface area contributed by atoms with E-state index in [1.165, 1.54) is 18.6 Å². The number of amides is 2. The molecule has 1 fully saturated rings. The summed E-state index contributed by atoms with van der Waals surface area (Å²) in [5, 5.41) is 0. The molecule has 1 atom stereocenters. The van der Waals surface area contributed by atoms with E-state index in [0.29, 0.717) is 12.1 Å².